The largest absolute Gasteiger partial charge is 0.316 e. The van der Waals surface area contributed by atoms with E-state index in [0.29, 0.717) is 0 Å². The molecule has 0 unspecified atom stereocenters. The molecule has 0 atom stereocenters. The van der Waals surface area contributed by atoms with Crippen molar-refractivity contribution in [2.45, 2.75) is 13.3 Å². The highest BCUT2D eigenvalue weighted by atomic mass is 15.0. The predicted molar refractivity (Wildman–Crippen MR) is 70.4 cm³/mol. The molecule has 0 radical (unpaired) electrons. The van der Waals surface area contributed by atoms with Crippen LogP contribution in [0.2, 0.25) is 0 Å². The Balaban J connectivity index is 2.20. The van der Waals surface area contributed by atoms with E-state index in [1.807, 2.05) is 12.3 Å². The summed E-state index contributed by atoms with van der Waals surface area (Å²) in [6.07, 6.45) is 4.95. The van der Waals surface area contributed by atoms with Crippen LogP contribution in [0.4, 0.5) is 0 Å². The van der Waals surface area contributed by atoms with Crippen molar-refractivity contribution in [3.8, 4) is 5.69 Å². The third-order valence-electron chi connectivity index (χ3n) is 3.04. The number of benzene rings is 1. The number of fused-ring (bicyclic) bond motifs is 1. The molecule has 0 aliphatic rings. The summed E-state index contributed by atoms with van der Waals surface area (Å²) in [5.41, 5.74) is 3.54. The van der Waals surface area contributed by atoms with Gasteiger partial charge in [-0.1, -0.05) is 25.1 Å². The lowest BCUT2D eigenvalue weighted by atomic mass is 10.2. The zero-order valence-corrected chi connectivity index (χ0v) is 9.80. The molecule has 2 aromatic heterocycles. The molecule has 0 aliphatic heterocycles. The van der Waals surface area contributed by atoms with Gasteiger partial charge in [0.1, 0.15) is 0 Å². The van der Waals surface area contributed by atoms with Gasteiger partial charge in [0.15, 0.2) is 0 Å². The molecule has 2 heteroatoms. The molecule has 0 N–H and O–H groups in total. The van der Waals surface area contributed by atoms with Crippen molar-refractivity contribution in [1.29, 1.82) is 0 Å². The quantitative estimate of drug-likeness (QED) is 0.648. The van der Waals surface area contributed by atoms with Crippen molar-refractivity contribution < 1.29 is 0 Å². The molecule has 0 amide bonds. The number of nitrogens with zero attached hydrogens (tertiary/aromatic N) is 2. The van der Waals surface area contributed by atoms with E-state index in [0.717, 1.165) is 12.1 Å². The molecule has 0 saturated carbocycles. The van der Waals surface area contributed by atoms with Crippen molar-refractivity contribution in [3.05, 3.63) is 60.6 Å². The highest BCUT2D eigenvalue weighted by Crippen LogP contribution is 2.20. The van der Waals surface area contributed by atoms with Gasteiger partial charge in [-0.25, -0.2) is 0 Å². The van der Waals surface area contributed by atoms with Gasteiger partial charge < -0.3 is 4.57 Å². The van der Waals surface area contributed by atoms with E-state index >= 15 is 0 Å². The Morgan fingerprint density at radius 3 is 2.88 bits per heavy atom. The van der Waals surface area contributed by atoms with Crippen LogP contribution in [-0.2, 0) is 6.42 Å². The molecule has 84 valence electrons. The van der Waals surface area contributed by atoms with Crippen molar-refractivity contribution in [3.63, 3.8) is 0 Å². The van der Waals surface area contributed by atoms with Crippen molar-refractivity contribution in [2.75, 3.05) is 0 Å². The molecule has 0 bridgehead atoms. The second kappa shape index (κ2) is 4.06. The Bertz CT molecular complexity index is 653. The Morgan fingerprint density at radius 1 is 1.12 bits per heavy atom. The molecule has 3 rings (SSSR count). The van der Waals surface area contributed by atoms with Crippen LogP contribution >= 0.6 is 0 Å². The van der Waals surface area contributed by atoms with E-state index in [1.165, 1.54) is 16.6 Å². The Kier molecular flexibility index (Phi) is 2.41. The van der Waals surface area contributed by atoms with Gasteiger partial charge in [-0.15, -0.1) is 0 Å². The first-order valence-corrected chi connectivity index (χ1v) is 5.90. The van der Waals surface area contributed by atoms with Gasteiger partial charge in [-0.2, -0.15) is 0 Å². The monoisotopic (exact) mass is 222 g/mol. The first-order chi connectivity index (χ1) is 8.38. The van der Waals surface area contributed by atoms with Crippen LogP contribution in [0, 0.1) is 0 Å². The second-order valence-corrected chi connectivity index (χ2v) is 4.10. The average Bonchev–Trinajstić information content (AvgIpc) is 2.82. The van der Waals surface area contributed by atoms with Crippen LogP contribution in [-0.4, -0.2) is 9.55 Å². The molecular formula is C15H14N2. The summed E-state index contributed by atoms with van der Waals surface area (Å²) in [6.45, 7) is 2.12. The highest BCUT2D eigenvalue weighted by molar-refractivity contribution is 5.81. The molecule has 0 saturated heterocycles. The molecule has 0 aliphatic carbocycles. The summed E-state index contributed by atoms with van der Waals surface area (Å²) in [4.78, 5) is 4.33. The lowest BCUT2D eigenvalue weighted by molar-refractivity contribution is 1.01. The zero-order valence-electron chi connectivity index (χ0n) is 9.80. The van der Waals surface area contributed by atoms with Crippen LogP contribution in [0.1, 0.15) is 12.6 Å². The molecule has 2 heterocycles. The third kappa shape index (κ3) is 1.72. The van der Waals surface area contributed by atoms with Gasteiger partial charge in [0.05, 0.1) is 5.52 Å². The fraction of sp³-hybridized carbons (Fsp3) is 0.133. The average molecular weight is 222 g/mol. The van der Waals surface area contributed by atoms with Crippen LogP contribution in [0.5, 0.6) is 0 Å². The minimum atomic E-state index is 0.965. The number of rotatable bonds is 2. The van der Waals surface area contributed by atoms with Gasteiger partial charge in [0, 0.05) is 23.8 Å². The summed E-state index contributed by atoms with van der Waals surface area (Å²) in [7, 11) is 0. The maximum absolute atomic E-state index is 4.33. The Morgan fingerprint density at radius 2 is 2.00 bits per heavy atom. The molecule has 0 spiro atoms. The van der Waals surface area contributed by atoms with E-state index in [-0.39, 0.29) is 0 Å². The molecule has 1 aromatic carbocycles. The van der Waals surface area contributed by atoms with Gasteiger partial charge in [-0.3, -0.25) is 4.98 Å². The number of hydrogen-bond acceptors (Lipinski definition) is 1. The number of para-hydroxylation sites is 1. The number of pyridine rings is 1. The van der Waals surface area contributed by atoms with Crippen molar-refractivity contribution in [2.24, 2.45) is 0 Å². The van der Waals surface area contributed by atoms with Crippen molar-refractivity contribution in [1.82, 2.24) is 9.55 Å². The van der Waals surface area contributed by atoms with E-state index < -0.39 is 0 Å². The van der Waals surface area contributed by atoms with Gasteiger partial charge >= 0.3 is 0 Å². The van der Waals surface area contributed by atoms with Crippen molar-refractivity contribution >= 4 is 10.9 Å². The smallest absolute Gasteiger partial charge is 0.0528 e. The maximum Gasteiger partial charge on any atom is 0.0528 e. The van der Waals surface area contributed by atoms with E-state index in [9.17, 15) is 0 Å². The zero-order chi connectivity index (χ0) is 11.7. The first-order valence-electron chi connectivity index (χ1n) is 5.90. The molecule has 2 nitrogen and oxygen atoms in total. The van der Waals surface area contributed by atoms with Gasteiger partial charge in [0.2, 0.25) is 0 Å². The SMILES string of the molecule is CCc1cc(-n2ccc3ccccc32)ccn1. The topological polar surface area (TPSA) is 17.8 Å². The van der Waals surface area contributed by atoms with Gasteiger partial charge in [0.25, 0.3) is 0 Å². The standard InChI is InChI=1S/C15H14N2/c1-2-13-11-14(7-9-16-13)17-10-8-12-5-3-4-6-15(12)17/h3-11H,2H2,1H3. The van der Waals surface area contributed by atoms with Crippen LogP contribution < -0.4 is 0 Å². The lowest BCUT2D eigenvalue weighted by Crippen LogP contribution is -1.94. The Labute approximate surface area is 101 Å². The van der Waals surface area contributed by atoms with E-state index in [2.05, 4.69) is 59.1 Å². The third-order valence-corrected chi connectivity index (χ3v) is 3.04. The minimum absolute atomic E-state index is 0.965. The maximum atomic E-state index is 4.33. The highest BCUT2D eigenvalue weighted by Gasteiger charge is 2.02. The van der Waals surface area contributed by atoms with Crippen LogP contribution in [0.3, 0.4) is 0 Å². The second-order valence-electron chi connectivity index (χ2n) is 4.10. The summed E-state index contributed by atoms with van der Waals surface area (Å²) in [5.74, 6) is 0. The van der Waals surface area contributed by atoms with E-state index in [4.69, 9.17) is 0 Å². The fourth-order valence-corrected chi connectivity index (χ4v) is 2.12. The molecule has 17 heavy (non-hydrogen) atoms. The summed E-state index contributed by atoms with van der Waals surface area (Å²) >= 11 is 0. The normalized spacial score (nSPS) is 10.9. The molecular weight excluding hydrogens is 208 g/mol. The number of aromatic nitrogens is 2. The van der Waals surface area contributed by atoms with E-state index in [1.54, 1.807) is 0 Å². The fourth-order valence-electron chi connectivity index (χ4n) is 2.12. The minimum Gasteiger partial charge on any atom is -0.316 e. The number of aryl methyl sites for hydroxylation is 1. The predicted octanol–water partition coefficient (Wildman–Crippen LogP) is 3.59. The Hall–Kier alpha value is -2.09. The lowest BCUT2D eigenvalue weighted by Gasteiger charge is -2.06. The molecule has 3 aromatic rings. The summed E-state index contributed by atoms with van der Waals surface area (Å²) in [5, 5.41) is 1.27. The number of hydrogen-bond donors (Lipinski definition) is 0. The first kappa shape index (κ1) is 10.1. The molecule has 0 fully saturated rings. The van der Waals surface area contributed by atoms with Crippen LogP contribution in [0.15, 0.2) is 54.9 Å². The van der Waals surface area contributed by atoms with Crippen LogP contribution in [0.25, 0.3) is 16.6 Å². The summed E-state index contributed by atoms with van der Waals surface area (Å²) < 4.78 is 2.20. The summed E-state index contributed by atoms with van der Waals surface area (Å²) in [6, 6.07) is 14.7. The van der Waals surface area contributed by atoms with Gasteiger partial charge in [-0.05, 0) is 36.1 Å².